The minimum absolute atomic E-state index is 0.0597. The average Bonchev–Trinajstić information content (AvgIpc) is 2.28. The van der Waals surface area contributed by atoms with Crippen molar-refractivity contribution in [1.29, 1.82) is 0 Å². The molecule has 2 aromatic carbocycles. The van der Waals surface area contributed by atoms with Gasteiger partial charge in [0, 0.05) is 0 Å². The van der Waals surface area contributed by atoms with Crippen LogP contribution in [0.4, 0.5) is 0 Å². The highest BCUT2D eigenvalue weighted by molar-refractivity contribution is 5.39. The lowest BCUT2D eigenvalue weighted by Gasteiger charge is -2.20. The molecule has 0 unspecified atom stereocenters. The molecule has 0 radical (unpaired) electrons. The number of hydrogen-bond acceptors (Lipinski definition) is 1. The Morgan fingerprint density at radius 3 is 2.17 bits per heavy atom. The third kappa shape index (κ3) is 3.13. The topological polar surface area (TPSA) is 20.2 Å². The molecule has 2 aromatic rings. The first kappa shape index (κ1) is 12.7. The molecule has 0 aliphatic heterocycles. The summed E-state index contributed by atoms with van der Waals surface area (Å²) in [4.78, 5) is 0. The molecule has 0 bridgehead atoms. The van der Waals surface area contributed by atoms with Gasteiger partial charge in [0.15, 0.2) is 0 Å². The van der Waals surface area contributed by atoms with Gasteiger partial charge in [-0.05, 0) is 40.7 Å². The number of phenolic OH excluding ortho intramolecular Hbond substituents is 1. The van der Waals surface area contributed by atoms with E-state index in [1.165, 1.54) is 11.1 Å². The van der Waals surface area contributed by atoms with Crippen molar-refractivity contribution in [2.75, 3.05) is 0 Å². The second-order valence-electron chi connectivity index (χ2n) is 5.80. The van der Waals surface area contributed by atoms with Crippen LogP contribution in [0, 0.1) is 0 Å². The van der Waals surface area contributed by atoms with Gasteiger partial charge < -0.3 is 5.11 Å². The molecule has 18 heavy (non-hydrogen) atoms. The molecular weight excluding hydrogens is 220 g/mol. The van der Waals surface area contributed by atoms with Crippen LogP contribution in [0.15, 0.2) is 48.5 Å². The van der Waals surface area contributed by atoms with E-state index in [0.717, 1.165) is 12.0 Å². The highest BCUT2D eigenvalue weighted by atomic mass is 16.3. The second kappa shape index (κ2) is 4.85. The molecule has 94 valence electrons. The monoisotopic (exact) mass is 240 g/mol. The number of hydrogen-bond donors (Lipinski definition) is 1. The first-order valence-corrected chi connectivity index (χ1v) is 6.32. The van der Waals surface area contributed by atoms with Crippen LogP contribution in [0.5, 0.6) is 5.75 Å². The van der Waals surface area contributed by atoms with Gasteiger partial charge in [-0.2, -0.15) is 0 Å². The molecule has 0 aromatic heterocycles. The summed E-state index contributed by atoms with van der Waals surface area (Å²) in [7, 11) is 0. The smallest absolute Gasteiger partial charge is 0.116 e. The van der Waals surface area contributed by atoms with Crippen LogP contribution in [0.1, 0.15) is 37.5 Å². The molecule has 1 heteroatoms. The molecule has 0 aliphatic carbocycles. The zero-order valence-electron chi connectivity index (χ0n) is 11.3. The van der Waals surface area contributed by atoms with Crippen molar-refractivity contribution in [2.24, 2.45) is 0 Å². The molecule has 2 rings (SSSR count). The van der Waals surface area contributed by atoms with Gasteiger partial charge in [-0.3, -0.25) is 0 Å². The Morgan fingerprint density at radius 2 is 1.56 bits per heavy atom. The summed E-state index contributed by atoms with van der Waals surface area (Å²) in [6.45, 7) is 6.48. The Bertz CT molecular complexity index is 521. The first-order chi connectivity index (χ1) is 8.45. The first-order valence-electron chi connectivity index (χ1n) is 6.32. The van der Waals surface area contributed by atoms with Gasteiger partial charge in [0.2, 0.25) is 0 Å². The summed E-state index contributed by atoms with van der Waals surface area (Å²) in [5.41, 5.74) is 3.66. The zero-order chi connectivity index (χ0) is 13.2. The van der Waals surface area contributed by atoms with Gasteiger partial charge >= 0.3 is 0 Å². The van der Waals surface area contributed by atoms with Crippen LogP contribution in [0.25, 0.3) is 0 Å². The molecule has 0 fully saturated rings. The Hall–Kier alpha value is -1.76. The zero-order valence-corrected chi connectivity index (χ0v) is 11.3. The third-order valence-corrected chi connectivity index (χ3v) is 3.09. The molecule has 0 spiro atoms. The van der Waals surface area contributed by atoms with E-state index >= 15 is 0 Å². The lowest BCUT2D eigenvalue weighted by molar-refractivity contribution is 0.470. The molecule has 0 heterocycles. The summed E-state index contributed by atoms with van der Waals surface area (Å²) in [5.74, 6) is 0.355. The maximum atomic E-state index is 9.84. The van der Waals surface area contributed by atoms with Crippen molar-refractivity contribution < 1.29 is 5.11 Å². The largest absolute Gasteiger partial charge is 0.508 e. The van der Waals surface area contributed by atoms with Crippen LogP contribution in [0.3, 0.4) is 0 Å². The standard InChI is InChI=1S/C17H20O/c1-17(2,3)15-10-14(11-16(18)12-15)9-13-7-5-4-6-8-13/h4-8,10-12,18H,9H2,1-3H3. The maximum Gasteiger partial charge on any atom is 0.116 e. The normalized spacial score (nSPS) is 11.5. The lowest BCUT2D eigenvalue weighted by atomic mass is 9.85. The molecule has 1 nitrogen and oxygen atoms in total. The SMILES string of the molecule is CC(C)(C)c1cc(O)cc(Cc2ccccc2)c1. The summed E-state index contributed by atoms with van der Waals surface area (Å²) >= 11 is 0. The Morgan fingerprint density at radius 1 is 0.889 bits per heavy atom. The molecule has 0 saturated heterocycles. The predicted octanol–water partition coefficient (Wildman–Crippen LogP) is 4.28. The molecule has 0 amide bonds. The maximum absolute atomic E-state index is 9.84. The van der Waals surface area contributed by atoms with E-state index in [1.54, 1.807) is 0 Å². The van der Waals surface area contributed by atoms with Crippen molar-refractivity contribution in [3.63, 3.8) is 0 Å². The lowest BCUT2D eigenvalue weighted by Crippen LogP contribution is -2.11. The van der Waals surface area contributed by atoms with E-state index < -0.39 is 0 Å². The highest BCUT2D eigenvalue weighted by Crippen LogP contribution is 2.27. The summed E-state index contributed by atoms with van der Waals surface area (Å²) in [6.07, 6.45) is 0.859. The van der Waals surface area contributed by atoms with E-state index in [9.17, 15) is 5.11 Å². The van der Waals surface area contributed by atoms with Crippen LogP contribution in [0.2, 0.25) is 0 Å². The fraction of sp³-hybridized carbons (Fsp3) is 0.294. The minimum atomic E-state index is 0.0597. The van der Waals surface area contributed by atoms with Crippen LogP contribution >= 0.6 is 0 Å². The average molecular weight is 240 g/mol. The number of aromatic hydroxyl groups is 1. The Kier molecular flexibility index (Phi) is 3.42. The van der Waals surface area contributed by atoms with Crippen molar-refractivity contribution in [2.45, 2.75) is 32.6 Å². The van der Waals surface area contributed by atoms with Gasteiger partial charge in [0.05, 0.1) is 0 Å². The molecular formula is C17H20O. The van der Waals surface area contributed by atoms with Gasteiger partial charge in [-0.25, -0.2) is 0 Å². The fourth-order valence-electron chi connectivity index (χ4n) is 2.04. The Balaban J connectivity index is 2.32. The summed E-state index contributed by atoms with van der Waals surface area (Å²) in [5, 5.41) is 9.84. The van der Waals surface area contributed by atoms with Gasteiger partial charge in [-0.15, -0.1) is 0 Å². The van der Waals surface area contributed by atoms with Crippen molar-refractivity contribution in [3.05, 3.63) is 65.2 Å². The molecule has 0 aliphatic rings. The highest BCUT2D eigenvalue weighted by Gasteiger charge is 2.15. The van der Waals surface area contributed by atoms with Gasteiger partial charge in [0.25, 0.3) is 0 Å². The van der Waals surface area contributed by atoms with Crippen LogP contribution in [-0.2, 0) is 11.8 Å². The third-order valence-electron chi connectivity index (χ3n) is 3.09. The van der Waals surface area contributed by atoms with Crippen molar-refractivity contribution >= 4 is 0 Å². The van der Waals surface area contributed by atoms with Crippen LogP contribution in [-0.4, -0.2) is 5.11 Å². The van der Waals surface area contributed by atoms with Crippen molar-refractivity contribution in [1.82, 2.24) is 0 Å². The van der Waals surface area contributed by atoms with Gasteiger partial charge in [0.1, 0.15) is 5.75 Å². The van der Waals surface area contributed by atoms with E-state index in [0.29, 0.717) is 5.75 Å². The number of phenols is 1. The molecule has 1 N–H and O–H groups in total. The van der Waals surface area contributed by atoms with Gasteiger partial charge in [-0.1, -0.05) is 57.2 Å². The quantitative estimate of drug-likeness (QED) is 0.830. The number of benzene rings is 2. The summed E-state index contributed by atoms with van der Waals surface area (Å²) in [6, 6.07) is 16.2. The van der Waals surface area contributed by atoms with E-state index in [4.69, 9.17) is 0 Å². The second-order valence-corrected chi connectivity index (χ2v) is 5.80. The molecule has 0 saturated carbocycles. The molecule has 0 atom stereocenters. The predicted molar refractivity (Wildman–Crippen MR) is 76.1 cm³/mol. The Labute approximate surface area is 109 Å². The van der Waals surface area contributed by atoms with E-state index in [2.05, 4.69) is 39.0 Å². The van der Waals surface area contributed by atoms with Crippen molar-refractivity contribution in [3.8, 4) is 5.75 Å². The summed E-state index contributed by atoms with van der Waals surface area (Å²) < 4.78 is 0. The van der Waals surface area contributed by atoms with E-state index in [-0.39, 0.29) is 5.41 Å². The number of rotatable bonds is 2. The van der Waals surface area contributed by atoms with Crippen LogP contribution < -0.4 is 0 Å². The fourth-order valence-corrected chi connectivity index (χ4v) is 2.04. The van der Waals surface area contributed by atoms with E-state index in [1.807, 2.05) is 30.3 Å². The minimum Gasteiger partial charge on any atom is -0.508 e.